The lowest BCUT2D eigenvalue weighted by atomic mass is 10.1. The third-order valence-corrected chi connectivity index (χ3v) is 4.63. The largest absolute Gasteiger partial charge is 0.411 e. The topological polar surface area (TPSA) is 48.9 Å². The summed E-state index contributed by atoms with van der Waals surface area (Å²) in [7, 11) is 1.74. The quantitative estimate of drug-likeness (QED) is 0.291. The summed E-state index contributed by atoms with van der Waals surface area (Å²) < 4.78 is 40.9. The average Bonchev–Trinajstić information content (AvgIpc) is 3.15. The zero-order valence-corrected chi connectivity index (χ0v) is 19.4. The van der Waals surface area contributed by atoms with Gasteiger partial charge < -0.3 is 20.3 Å². The highest BCUT2D eigenvalue weighted by molar-refractivity contribution is 14.0. The Morgan fingerprint density at radius 3 is 2.34 bits per heavy atom. The van der Waals surface area contributed by atoms with Crippen molar-refractivity contribution < 1.29 is 17.9 Å². The second kappa shape index (κ2) is 13.3. The molecule has 0 radical (unpaired) electrons. The highest BCUT2D eigenvalue weighted by atomic mass is 127. The van der Waals surface area contributed by atoms with Gasteiger partial charge in [-0.05, 0) is 43.0 Å². The van der Waals surface area contributed by atoms with Crippen LogP contribution >= 0.6 is 24.0 Å². The van der Waals surface area contributed by atoms with E-state index < -0.39 is 12.8 Å². The van der Waals surface area contributed by atoms with Crippen molar-refractivity contribution in [3.8, 4) is 0 Å². The first-order valence-corrected chi connectivity index (χ1v) is 9.75. The second-order valence-electron chi connectivity index (χ2n) is 7.34. The van der Waals surface area contributed by atoms with Crippen LogP contribution in [-0.2, 0) is 17.9 Å². The summed E-state index contributed by atoms with van der Waals surface area (Å²) in [4.78, 5) is 6.74. The molecule has 1 atom stereocenters. The van der Waals surface area contributed by atoms with Gasteiger partial charge in [-0.1, -0.05) is 31.2 Å². The number of benzene rings is 1. The van der Waals surface area contributed by atoms with Gasteiger partial charge in [0.1, 0.15) is 6.61 Å². The molecule has 5 nitrogen and oxygen atoms in total. The molecule has 0 spiro atoms. The van der Waals surface area contributed by atoms with Crippen molar-refractivity contribution in [3.63, 3.8) is 0 Å². The van der Waals surface area contributed by atoms with E-state index in [4.69, 9.17) is 0 Å². The Morgan fingerprint density at radius 2 is 1.76 bits per heavy atom. The zero-order valence-electron chi connectivity index (χ0n) is 17.1. The van der Waals surface area contributed by atoms with Crippen molar-refractivity contribution in [1.29, 1.82) is 0 Å². The molecule has 1 aromatic rings. The second-order valence-corrected chi connectivity index (χ2v) is 7.34. The summed E-state index contributed by atoms with van der Waals surface area (Å²) in [5.74, 6) is 1.28. The first-order valence-electron chi connectivity index (χ1n) is 9.75. The van der Waals surface area contributed by atoms with Crippen LogP contribution in [0.4, 0.5) is 13.2 Å². The fourth-order valence-corrected chi connectivity index (χ4v) is 3.19. The molecule has 2 rings (SSSR count). The monoisotopic (exact) mass is 528 g/mol. The smallest absolute Gasteiger partial charge is 0.367 e. The average molecular weight is 528 g/mol. The molecule has 0 aliphatic carbocycles. The van der Waals surface area contributed by atoms with E-state index in [1.807, 2.05) is 12.1 Å². The lowest BCUT2D eigenvalue weighted by molar-refractivity contribution is -0.176. The Morgan fingerprint density at radius 1 is 1.14 bits per heavy atom. The fourth-order valence-electron chi connectivity index (χ4n) is 3.19. The van der Waals surface area contributed by atoms with E-state index in [0.29, 0.717) is 18.0 Å². The van der Waals surface area contributed by atoms with Crippen molar-refractivity contribution in [1.82, 2.24) is 15.5 Å². The van der Waals surface area contributed by atoms with E-state index in [0.717, 1.165) is 24.6 Å². The number of nitrogens with zero attached hydrogens (tertiary/aromatic N) is 2. The third kappa shape index (κ3) is 11.0. The normalized spacial score (nSPS) is 16.4. The highest BCUT2D eigenvalue weighted by Gasteiger charge is 2.27. The number of aliphatic imine (C=N–C) groups is 1. The number of ether oxygens (including phenoxy) is 1. The molecule has 1 saturated heterocycles. The van der Waals surface area contributed by atoms with E-state index in [1.54, 1.807) is 19.2 Å². The van der Waals surface area contributed by atoms with Crippen molar-refractivity contribution >= 4 is 29.9 Å². The maximum absolute atomic E-state index is 12.1. The van der Waals surface area contributed by atoms with E-state index in [-0.39, 0.29) is 30.6 Å². The van der Waals surface area contributed by atoms with Crippen molar-refractivity contribution in [2.24, 2.45) is 10.9 Å². The summed E-state index contributed by atoms with van der Waals surface area (Å²) in [6, 6.07) is 7.31. The predicted molar refractivity (Wildman–Crippen MR) is 121 cm³/mol. The number of likely N-dealkylation sites (tertiary alicyclic amines) is 1. The fraction of sp³-hybridized carbons (Fsp3) is 0.650. The molecular formula is C20H32F3IN4O. The molecular weight excluding hydrogens is 496 g/mol. The molecule has 0 amide bonds. The Hall–Kier alpha value is -1.07. The molecule has 1 heterocycles. The molecule has 1 fully saturated rings. The first kappa shape index (κ1) is 26.0. The molecule has 1 aliphatic rings. The Balaban J connectivity index is 0.00000420. The molecule has 166 valence electrons. The summed E-state index contributed by atoms with van der Waals surface area (Å²) in [6.45, 7) is 5.90. The van der Waals surface area contributed by atoms with Gasteiger partial charge in [0.2, 0.25) is 0 Å². The molecule has 1 unspecified atom stereocenters. The van der Waals surface area contributed by atoms with E-state index in [9.17, 15) is 13.2 Å². The Labute approximate surface area is 188 Å². The van der Waals surface area contributed by atoms with Crippen LogP contribution in [0.1, 0.15) is 30.9 Å². The molecule has 0 bridgehead atoms. The van der Waals surface area contributed by atoms with Gasteiger partial charge in [-0.2, -0.15) is 13.2 Å². The summed E-state index contributed by atoms with van der Waals surface area (Å²) in [5, 5.41) is 6.61. The first-order chi connectivity index (χ1) is 13.4. The molecule has 1 aliphatic heterocycles. The van der Waals surface area contributed by atoms with Crippen LogP contribution in [0, 0.1) is 5.92 Å². The van der Waals surface area contributed by atoms with Gasteiger partial charge in [0.25, 0.3) is 0 Å². The number of alkyl halides is 3. The predicted octanol–water partition coefficient (Wildman–Crippen LogP) is 3.78. The minimum absolute atomic E-state index is 0. The zero-order chi connectivity index (χ0) is 20.4. The number of hydrogen-bond donors (Lipinski definition) is 2. The van der Waals surface area contributed by atoms with Crippen LogP contribution in [0.15, 0.2) is 29.3 Å². The summed E-state index contributed by atoms with van der Waals surface area (Å²) in [5.41, 5.74) is 1.74. The summed E-state index contributed by atoms with van der Waals surface area (Å²) >= 11 is 0. The molecule has 9 heteroatoms. The van der Waals surface area contributed by atoms with Gasteiger partial charge in [-0.3, -0.25) is 4.99 Å². The SMILES string of the molecule is CN=C(NCc1ccc(COCC(F)(F)F)cc1)NCC(C)CN1CCCC1.I. The van der Waals surface area contributed by atoms with E-state index >= 15 is 0 Å². The van der Waals surface area contributed by atoms with Crippen LogP contribution in [-0.4, -0.2) is 56.9 Å². The van der Waals surface area contributed by atoms with Crippen LogP contribution in [0.2, 0.25) is 0 Å². The minimum Gasteiger partial charge on any atom is -0.367 e. The maximum Gasteiger partial charge on any atom is 0.411 e. The van der Waals surface area contributed by atoms with E-state index in [1.165, 1.54) is 25.9 Å². The van der Waals surface area contributed by atoms with Crippen LogP contribution in [0.3, 0.4) is 0 Å². The number of halogens is 4. The minimum atomic E-state index is -4.29. The van der Waals surface area contributed by atoms with Crippen molar-refractivity contribution in [2.45, 2.75) is 39.1 Å². The molecule has 29 heavy (non-hydrogen) atoms. The number of guanidine groups is 1. The molecule has 1 aromatic carbocycles. The molecule has 0 saturated carbocycles. The van der Waals surface area contributed by atoms with Gasteiger partial charge in [-0.15, -0.1) is 24.0 Å². The van der Waals surface area contributed by atoms with Gasteiger partial charge in [-0.25, -0.2) is 0 Å². The number of hydrogen-bond acceptors (Lipinski definition) is 3. The third-order valence-electron chi connectivity index (χ3n) is 4.63. The van der Waals surface area contributed by atoms with Crippen molar-refractivity contribution in [2.75, 3.05) is 39.8 Å². The van der Waals surface area contributed by atoms with Crippen LogP contribution < -0.4 is 10.6 Å². The lowest BCUT2D eigenvalue weighted by Crippen LogP contribution is -2.41. The highest BCUT2D eigenvalue weighted by Crippen LogP contribution is 2.16. The Bertz CT molecular complexity index is 605. The van der Waals surface area contributed by atoms with Gasteiger partial charge in [0.15, 0.2) is 5.96 Å². The van der Waals surface area contributed by atoms with Gasteiger partial charge in [0.05, 0.1) is 6.61 Å². The maximum atomic E-state index is 12.1. The van der Waals surface area contributed by atoms with Crippen LogP contribution in [0.25, 0.3) is 0 Å². The van der Waals surface area contributed by atoms with Crippen molar-refractivity contribution in [3.05, 3.63) is 35.4 Å². The van der Waals surface area contributed by atoms with Crippen LogP contribution in [0.5, 0.6) is 0 Å². The standard InChI is InChI=1S/C20H31F3N4O.HI/c1-16(13-27-9-3-4-10-27)11-25-19(24-2)26-12-17-5-7-18(8-6-17)14-28-15-20(21,22)23;/h5-8,16H,3-4,9-15H2,1-2H3,(H2,24,25,26);1H. The van der Waals surface area contributed by atoms with E-state index in [2.05, 4.69) is 32.2 Å². The Kier molecular flexibility index (Phi) is 11.9. The lowest BCUT2D eigenvalue weighted by Gasteiger charge is -2.21. The van der Waals surface area contributed by atoms with Gasteiger partial charge in [0, 0.05) is 26.7 Å². The molecule has 2 N–H and O–H groups in total. The summed E-state index contributed by atoms with van der Waals surface area (Å²) in [6.07, 6.45) is -1.69. The molecule has 0 aromatic heterocycles. The number of rotatable bonds is 9. The van der Waals surface area contributed by atoms with Gasteiger partial charge >= 0.3 is 6.18 Å². The number of nitrogens with one attached hydrogen (secondary N) is 2.